The number of carbonyl (C=O) groups is 3. The molecule has 3 rings (SSSR count). The number of benzene rings is 2. The minimum absolute atomic E-state index is 0.187. The van der Waals surface area contributed by atoms with E-state index in [0.29, 0.717) is 12.2 Å². The number of amides is 2. The van der Waals surface area contributed by atoms with Crippen LogP contribution in [-0.2, 0) is 16.1 Å². The number of ether oxygens (including phenoxy) is 1. The predicted molar refractivity (Wildman–Crippen MR) is 111 cm³/mol. The maximum Gasteiger partial charge on any atom is 0.338 e. The van der Waals surface area contributed by atoms with Gasteiger partial charge >= 0.3 is 5.97 Å². The van der Waals surface area contributed by atoms with Gasteiger partial charge in [0.05, 0.1) is 11.8 Å². The first-order valence-electron chi connectivity index (χ1n) is 9.34. The van der Waals surface area contributed by atoms with Crippen molar-refractivity contribution in [2.75, 3.05) is 19.0 Å². The Morgan fingerprint density at radius 2 is 1.70 bits per heavy atom. The molecular weight excluding hydrogens is 384 g/mol. The lowest BCUT2D eigenvalue weighted by molar-refractivity contribution is -0.133. The van der Waals surface area contributed by atoms with Crippen molar-refractivity contribution in [3.8, 4) is 0 Å². The zero-order valence-corrected chi connectivity index (χ0v) is 16.8. The molecule has 0 saturated carbocycles. The quantitative estimate of drug-likeness (QED) is 0.605. The van der Waals surface area contributed by atoms with E-state index in [1.165, 1.54) is 23.3 Å². The van der Waals surface area contributed by atoms with Crippen molar-refractivity contribution in [2.45, 2.75) is 13.5 Å². The Morgan fingerprint density at radius 1 is 1.00 bits per heavy atom. The fourth-order valence-electron chi connectivity index (χ4n) is 2.67. The standard InChI is InChI=1S/C23H22N2O5/c1-16-5-7-17(8-6-16)14-25(2)21(26)15-30-23(28)18-9-11-19(12-10-18)24-22(27)20-4-3-13-29-20/h3-13H,14-15H2,1-2H3,(H,24,27). The number of aryl methyl sites for hydroxylation is 1. The van der Waals surface area contributed by atoms with E-state index in [2.05, 4.69) is 5.32 Å². The first kappa shape index (κ1) is 20.9. The molecule has 0 saturated heterocycles. The van der Waals surface area contributed by atoms with Gasteiger partial charge in [-0.1, -0.05) is 29.8 Å². The van der Waals surface area contributed by atoms with Gasteiger partial charge in [0.15, 0.2) is 12.4 Å². The second-order valence-electron chi connectivity index (χ2n) is 6.82. The third kappa shape index (κ3) is 5.57. The van der Waals surface area contributed by atoms with Crippen LogP contribution < -0.4 is 5.32 Å². The van der Waals surface area contributed by atoms with Crippen LogP contribution in [0.2, 0.25) is 0 Å². The van der Waals surface area contributed by atoms with Crippen molar-refractivity contribution < 1.29 is 23.5 Å². The van der Waals surface area contributed by atoms with E-state index in [9.17, 15) is 14.4 Å². The number of nitrogens with zero attached hydrogens (tertiary/aromatic N) is 1. The summed E-state index contributed by atoms with van der Waals surface area (Å²) in [4.78, 5) is 37.9. The van der Waals surface area contributed by atoms with E-state index in [1.54, 1.807) is 31.3 Å². The predicted octanol–water partition coefficient (Wildman–Crippen LogP) is 3.66. The van der Waals surface area contributed by atoms with Crippen LogP contribution in [0, 0.1) is 6.92 Å². The van der Waals surface area contributed by atoms with Gasteiger partial charge in [-0.2, -0.15) is 0 Å². The third-order valence-corrected chi connectivity index (χ3v) is 4.42. The SMILES string of the molecule is Cc1ccc(CN(C)C(=O)COC(=O)c2ccc(NC(=O)c3ccco3)cc2)cc1. The van der Waals surface area contributed by atoms with E-state index in [1.807, 2.05) is 31.2 Å². The molecule has 1 aromatic heterocycles. The molecule has 2 amide bonds. The average Bonchev–Trinajstić information content (AvgIpc) is 3.29. The lowest BCUT2D eigenvalue weighted by atomic mass is 10.1. The molecule has 0 unspecified atom stereocenters. The summed E-state index contributed by atoms with van der Waals surface area (Å²) in [6.07, 6.45) is 1.41. The molecule has 0 aliphatic heterocycles. The molecule has 0 spiro atoms. The molecule has 2 aromatic carbocycles. The van der Waals surface area contributed by atoms with E-state index >= 15 is 0 Å². The first-order chi connectivity index (χ1) is 14.4. The highest BCUT2D eigenvalue weighted by atomic mass is 16.5. The summed E-state index contributed by atoms with van der Waals surface area (Å²) >= 11 is 0. The van der Waals surface area contributed by atoms with Gasteiger partial charge in [0.2, 0.25) is 0 Å². The number of furan rings is 1. The Balaban J connectivity index is 1.48. The molecule has 154 valence electrons. The fourth-order valence-corrected chi connectivity index (χ4v) is 2.67. The minimum Gasteiger partial charge on any atom is -0.459 e. The highest BCUT2D eigenvalue weighted by molar-refractivity contribution is 6.02. The number of anilines is 1. The molecular formula is C23H22N2O5. The molecule has 30 heavy (non-hydrogen) atoms. The van der Waals surface area contributed by atoms with Crippen LogP contribution in [0.15, 0.2) is 71.3 Å². The highest BCUT2D eigenvalue weighted by Gasteiger charge is 2.14. The Kier molecular flexibility index (Phi) is 6.64. The van der Waals surface area contributed by atoms with Gasteiger partial charge in [0.25, 0.3) is 11.8 Å². The zero-order chi connectivity index (χ0) is 21.5. The topological polar surface area (TPSA) is 88.9 Å². The van der Waals surface area contributed by atoms with Gasteiger partial charge in [-0.15, -0.1) is 0 Å². The van der Waals surface area contributed by atoms with Gasteiger partial charge < -0.3 is 19.4 Å². The zero-order valence-electron chi connectivity index (χ0n) is 16.8. The van der Waals surface area contributed by atoms with Crippen LogP contribution in [-0.4, -0.2) is 36.3 Å². The van der Waals surface area contributed by atoms with Crippen molar-refractivity contribution in [3.05, 3.63) is 89.4 Å². The van der Waals surface area contributed by atoms with Gasteiger partial charge in [-0.25, -0.2) is 4.79 Å². The molecule has 0 radical (unpaired) electrons. The number of esters is 1. The summed E-state index contributed by atoms with van der Waals surface area (Å²) in [5.41, 5.74) is 2.92. The number of carbonyl (C=O) groups excluding carboxylic acids is 3. The van der Waals surface area contributed by atoms with E-state index in [0.717, 1.165) is 11.1 Å². The van der Waals surface area contributed by atoms with Crippen LogP contribution >= 0.6 is 0 Å². The van der Waals surface area contributed by atoms with Crippen LogP contribution in [0.4, 0.5) is 5.69 Å². The Morgan fingerprint density at radius 3 is 2.33 bits per heavy atom. The second-order valence-corrected chi connectivity index (χ2v) is 6.82. The van der Waals surface area contributed by atoms with E-state index in [4.69, 9.17) is 9.15 Å². The Hall–Kier alpha value is -3.87. The lowest BCUT2D eigenvalue weighted by Crippen LogP contribution is -2.30. The van der Waals surface area contributed by atoms with Crippen molar-refractivity contribution in [1.82, 2.24) is 4.90 Å². The van der Waals surface area contributed by atoms with Crippen molar-refractivity contribution >= 4 is 23.5 Å². The van der Waals surface area contributed by atoms with Crippen LogP contribution in [0.1, 0.15) is 32.0 Å². The molecule has 0 aliphatic carbocycles. The molecule has 1 heterocycles. The summed E-state index contributed by atoms with van der Waals surface area (Å²) in [6, 6.07) is 17.2. The lowest BCUT2D eigenvalue weighted by Gasteiger charge is -2.17. The Bertz CT molecular complexity index is 1010. The van der Waals surface area contributed by atoms with Crippen LogP contribution in [0.25, 0.3) is 0 Å². The van der Waals surface area contributed by atoms with Gasteiger partial charge in [0, 0.05) is 19.3 Å². The van der Waals surface area contributed by atoms with Crippen molar-refractivity contribution in [3.63, 3.8) is 0 Å². The summed E-state index contributed by atoms with van der Waals surface area (Å²) in [5.74, 6) is -1.12. The van der Waals surface area contributed by atoms with Crippen molar-refractivity contribution in [1.29, 1.82) is 0 Å². The fraction of sp³-hybridized carbons (Fsp3) is 0.174. The van der Waals surface area contributed by atoms with Crippen molar-refractivity contribution in [2.24, 2.45) is 0 Å². The van der Waals surface area contributed by atoms with Crippen LogP contribution in [0.3, 0.4) is 0 Å². The molecule has 0 fully saturated rings. The summed E-state index contributed by atoms with van der Waals surface area (Å²) in [6.45, 7) is 2.08. The molecule has 7 heteroatoms. The summed E-state index contributed by atoms with van der Waals surface area (Å²) < 4.78 is 10.1. The van der Waals surface area contributed by atoms with E-state index in [-0.39, 0.29) is 23.8 Å². The molecule has 7 nitrogen and oxygen atoms in total. The minimum atomic E-state index is -0.615. The molecule has 0 bridgehead atoms. The normalized spacial score (nSPS) is 10.3. The van der Waals surface area contributed by atoms with Gasteiger partial charge in [-0.3, -0.25) is 9.59 Å². The number of likely N-dealkylation sites (N-methyl/N-ethyl adjacent to an activating group) is 1. The van der Waals surface area contributed by atoms with Gasteiger partial charge in [-0.05, 0) is 48.9 Å². The molecule has 0 aliphatic rings. The summed E-state index contributed by atoms with van der Waals surface area (Å²) in [5, 5.41) is 2.66. The van der Waals surface area contributed by atoms with Gasteiger partial charge in [0.1, 0.15) is 0 Å². The van der Waals surface area contributed by atoms with E-state index < -0.39 is 11.9 Å². The number of rotatable bonds is 7. The highest BCUT2D eigenvalue weighted by Crippen LogP contribution is 2.13. The maximum atomic E-state index is 12.2. The maximum absolute atomic E-state index is 12.2. The first-order valence-corrected chi connectivity index (χ1v) is 9.34. The summed E-state index contributed by atoms with van der Waals surface area (Å²) in [7, 11) is 1.66. The monoisotopic (exact) mass is 406 g/mol. The largest absolute Gasteiger partial charge is 0.459 e. The molecule has 3 aromatic rings. The number of hydrogen-bond donors (Lipinski definition) is 1. The number of nitrogens with one attached hydrogen (secondary N) is 1. The van der Waals surface area contributed by atoms with Crippen LogP contribution in [0.5, 0.6) is 0 Å². The number of hydrogen-bond acceptors (Lipinski definition) is 5. The molecule has 0 atom stereocenters. The second kappa shape index (κ2) is 9.56. The average molecular weight is 406 g/mol. The smallest absolute Gasteiger partial charge is 0.338 e. The Labute approximate surface area is 174 Å². The molecule has 1 N–H and O–H groups in total. The third-order valence-electron chi connectivity index (χ3n) is 4.42.